The summed E-state index contributed by atoms with van der Waals surface area (Å²) in [5.74, 6) is 0. The second-order valence-electron chi connectivity index (χ2n) is 2.33. The molecule has 3 nitrogen and oxygen atoms in total. The van der Waals surface area contributed by atoms with Gasteiger partial charge in [0.1, 0.15) is 0 Å². The van der Waals surface area contributed by atoms with E-state index in [4.69, 9.17) is 11.1 Å². The van der Waals surface area contributed by atoms with Crippen LogP contribution in [0.5, 0.6) is 0 Å². The first kappa shape index (κ1) is 14.8. The zero-order chi connectivity index (χ0) is 8.91. The van der Waals surface area contributed by atoms with Crippen LogP contribution in [0.2, 0.25) is 0 Å². The molecule has 0 atom stereocenters. The van der Waals surface area contributed by atoms with Gasteiger partial charge in [0.05, 0.1) is 12.6 Å². The van der Waals surface area contributed by atoms with Crippen molar-refractivity contribution in [3.63, 3.8) is 0 Å². The van der Waals surface area contributed by atoms with E-state index in [1.807, 2.05) is 13.8 Å². The standard InChI is InChI=1S/C6H15N2OPS.ClH/c1-3-10(9,4-2)5-11-6(7)8;/h3-5H2,1-2H3,(H3,7,8);1H. The summed E-state index contributed by atoms with van der Waals surface area (Å²) in [6.07, 6.45) is 1.42. The van der Waals surface area contributed by atoms with Crippen molar-refractivity contribution in [2.45, 2.75) is 13.8 Å². The number of rotatable bonds is 4. The number of nitrogens with two attached hydrogens (primary N) is 1. The van der Waals surface area contributed by atoms with Gasteiger partial charge < -0.3 is 10.3 Å². The lowest BCUT2D eigenvalue weighted by atomic mass is 11.0. The van der Waals surface area contributed by atoms with Crippen LogP contribution in [0.3, 0.4) is 0 Å². The van der Waals surface area contributed by atoms with Crippen molar-refractivity contribution in [3.05, 3.63) is 0 Å². The van der Waals surface area contributed by atoms with Crippen molar-refractivity contribution in [2.24, 2.45) is 5.73 Å². The highest BCUT2D eigenvalue weighted by Gasteiger charge is 2.16. The molecular formula is C6H16ClN2OPS. The zero-order valence-electron chi connectivity index (χ0n) is 7.37. The molecule has 0 aromatic rings. The fraction of sp³-hybridized carbons (Fsp3) is 0.833. The Kier molecular flexibility index (Phi) is 8.43. The first-order valence-corrected chi connectivity index (χ1v) is 6.83. The molecule has 0 aliphatic heterocycles. The minimum atomic E-state index is -1.99. The molecule has 0 amide bonds. The Morgan fingerprint density at radius 3 is 2.17 bits per heavy atom. The largest absolute Gasteiger partial charge is 0.379 e. The predicted octanol–water partition coefficient (Wildman–Crippen LogP) is 2.40. The molecule has 0 radical (unpaired) electrons. The maximum Gasteiger partial charge on any atom is 0.151 e. The molecule has 0 spiro atoms. The number of thioether (sulfide) groups is 1. The average molecular weight is 231 g/mol. The number of nitrogens with one attached hydrogen (secondary N) is 1. The van der Waals surface area contributed by atoms with Crippen LogP contribution in [-0.4, -0.2) is 23.0 Å². The lowest BCUT2D eigenvalue weighted by molar-refractivity contribution is 0.579. The zero-order valence-corrected chi connectivity index (χ0v) is 9.90. The Morgan fingerprint density at radius 2 is 1.92 bits per heavy atom. The number of amidine groups is 1. The van der Waals surface area contributed by atoms with Crippen molar-refractivity contribution in [1.29, 1.82) is 5.41 Å². The van der Waals surface area contributed by atoms with E-state index in [0.29, 0.717) is 17.8 Å². The molecule has 0 aliphatic carbocycles. The highest BCUT2D eigenvalue weighted by atomic mass is 35.5. The molecule has 3 N–H and O–H groups in total. The molecule has 74 valence electrons. The van der Waals surface area contributed by atoms with Crippen molar-refractivity contribution in [2.75, 3.05) is 17.8 Å². The molecule has 0 saturated carbocycles. The van der Waals surface area contributed by atoms with Gasteiger partial charge in [0.2, 0.25) is 0 Å². The van der Waals surface area contributed by atoms with Gasteiger partial charge in [0.15, 0.2) is 5.17 Å². The SMILES string of the molecule is CCP(=O)(CC)CSC(=N)N.Cl. The second-order valence-corrected chi connectivity index (χ2v) is 7.47. The van der Waals surface area contributed by atoms with Crippen LogP contribution in [0, 0.1) is 5.41 Å². The van der Waals surface area contributed by atoms with Crippen LogP contribution in [0.1, 0.15) is 13.8 Å². The molecule has 0 bridgehead atoms. The molecule has 12 heavy (non-hydrogen) atoms. The van der Waals surface area contributed by atoms with Gasteiger partial charge in [0, 0.05) is 0 Å². The van der Waals surface area contributed by atoms with Crippen LogP contribution in [0.4, 0.5) is 0 Å². The molecule has 0 unspecified atom stereocenters. The van der Waals surface area contributed by atoms with Gasteiger partial charge in [-0.1, -0.05) is 25.6 Å². The van der Waals surface area contributed by atoms with E-state index >= 15 is 0 Å². The lowest BCUT2D eigenvalue weighted by Gasteiger charge is -2.11. The van der Waals surface area contributed by atoms with E-state index < -0.39 is 7.14 Å². The van der Waals surface area contributed by atoms with Crippen molar-refractivity contribution >= 4 is 36.5 Å². The van der Waals surface area contributed by atoms with E-state index in [0.717, 1.165) is 0 Å². The van der Waals surface area contributed by atoms with Crippen LogP contribution < -0.4 is 5.73 Å². The van der Waals surface area contributed by atoms with E-state index in [1.54, 1.807) is 0 Å². The first-order valence-electron chi connectivity index (χ1n) is 3.58. The molecular weight excluding hydrogens is 215 g/mol. The summed E-state index contributed by atoms with van der Waals surface area (Å²) >= 11 is 1.19. The Morgan fingerprint density at radius 1 is 1.50 bits per heavy atom. The first-order chi connectivity index (χ1) is 5.04. The van der Waals surface area contributed by atoms with Crippen LogP contribution in [0.25, 0.3) is 0 Å². The highest BCUT2D eigenvalue weighted by Crippen LogP contribution is 2.47. The summed E-state index contributed by atoms with van der Waals surface area (Å²) in [6, 6.07) is 0. The van der Waals surface area contributed by atoms with Crippen LogP contribution in [0.15, 0.2) is 0 Å². The maximum absolute atomic E-state index is 11.7. The molecule has 6 heteroatoms. The minimum Gasteiger partial charge on any atom is -0.379 e. The van der Waals surface area contributed by atoms with Crippen molar-refractivity contribution < 1.29 is 4.57 Å². The monoisotopic (exact) mass is 230 g/mol. The summed E-state index contributed by atoms with van der Waals surface area (Å²) < 4.78 is 11.7. The molecule has 0 heterocycles. The topological polar surface area (TPSA) is 66.9 Å². The van der Waals surface area contributed by atoms with Gasteiger partial charge in [-0.15, -0.1) is 12.4 Å². The van der Waals surface area contributed by atoms with Gasteiger partial charge in [-0.2, -0.15) is 0 Å². The van der Waals surface area contributed by atoms with Crippen LogP contribution in [-0.2, 0) is 4.57 Å². The summed E-state index contributed by atoms with van der Waals surface area (Å²) in [4.78, 5) is 0. The molecule has 0 aromatic heterocycles. The van der Waals surface area contributed by atoms with Crippen LogP contribution >= 0.6 is 31.3 Å². The summed E-state index contributed by atoms with van der Waals surface area (Å²) in [6.45, 7) is 3.84. The average Bonchev–Trinajstić information content (AvgIpc) is 2.00. The fourth-order valence-electron chi connectivity index (χ4n) is 0.593. The third kappa shape index (κ3) is 5.92. The molecule has 0 saturated heterocycles. The number of halogens is 1. The summed E-state index contributed by atoms with van der Waals surface area (Å²) in [5, 5.41) is 7.01. The van der Waals surface area contributed by atoms with Gasteiger partial charge in [-0.05, 0) is 12.3 Å². The highest BCUT2D eigenvalue weighted by molar-refractivity contribution is 8.17. The maximum atomic E-state index is 11.7. The molecule has 0 aliphatic rings. The van der Waals surface area contributed by atoms with E-state index in [-0.39, 0.29) is 17.6 Å². The van der Waals surface area contributed by atoms with E-state index in [9.17, 15) is 4.57 Å². The Bertz CT molecular complexity index is 180. The van der Waals surface area contributed by atoms with Gasteiger partial charge in [-0.3, -0.25) is 5.41 Å². The minimum absolute atomic E-state index is 0. The third-order valence-electron chi connectivity index (χ3n) is 1.61. The third-order valence-corrected chi connectivity index (χ3v) is 6.62. The summed E-state index contributed by atoms with van der Waals surface area (Å²) in [5.41, 5.74) is 5.66. The number of hydrogen-bond donors (Lipinski definition) is 2. The van der Waals surface area contributed by atoms with Gasteiger partial charge >= 0.3 is 0 Å². The van der Waals surface area contributed by atoms with E-state index in [1.165, 1.54) is 11.8 Å². The van der Waals surface area contributed by atoms with Gasteiger partial charge in [-0.25, -0.2) is 0 Å². The Hall–Kier alpha value is 0.340. The predicted molar refractivity (Wildman–Crippen MR) is 60.3 cm³/mol. The summed E-state index contributed by atoms with van der Waals surface area (Å²) in [7, 11) is -1.99. The molecule has 0 fully saturated rings. The van der Waals surface area contributed by atoms with E-state index in [2.05, 4.69) is 0 Å². The normalized spacial score (nSPS) is 10.5. The quantitative estimate of drug-likeness (QED) is 0.443. The number of hydrogen-bond acceptors (Lipinski definition) is 3. The smallest absolute Gasteiger partial charge is 0.151 e. The van der Waals surface area contributed by atoms with Crippen molar-refractivity contribution in [1.82, 2.24) is 0 Å². The Balaban J connectivity index is 0. The van der Waals surface area contributed by atoms with Crippen molar-refractivity contribution in [3.8, 4) is 0 Å². The lowest BCUT2D eigenvalue weighted by Crippen LogP contribution is -2.05. The second kappa shape index (κ2) is 6.81. The Labute approximate surface area is 84.2 Å². The molecule has 0 aromatic carbocycles. The van der Waals surface area contributed by atoms with Gasteiger partial charge in [0.25, 0.3) is 0 Å². The molecule has 0 rings (SSSR count). The fourth-order valence-corrected chi connectivity index (χ4v) is 4.00.